The van der Waals surface area contributed by atoms with Crippen molar-refractivity contribution in [2.45, 2.75) is 31.7 Å². The Labute approximate surface area is 153 Å². The van der Waals surface area contributed by atoms with E-state index in [4.69, 9.17) is 9.47 Å². The van der Waals surface area contributed by atoms with E-state index in [0.29, 0.717) is 19.4 Å². The predicted molar refractivity (Wildman–Crippen MR) is 88.9 cm³/mol. The van der Waals surface area contributed by atoms with Gasteiger partial charge in [0.2, 0.25) is 0 Å². The largest absolute Gasteiger partial charge is 0.458 e. The number of aromatic nitrogens is 2. The molecule has 1 atom stereocenters. The van der Waals surface area contributed by atoms with E-state index in [0.717, 1.165) is 17.8 Å². The molecule has 3 rings (SSSR count). The first-order valence-electron chi connectivity index (χ1n) is 8.44. The lowest BCUT2D eigenvalue weighted by Crippen LogP contribution is -2.44. The van der Waals surface area contributed by atoms with Crippen molar-refractivity contribution in [1.82, 2.24) is 14.9 Å². The van der Waals surface area contributed by atoms with Crippen molar-refractivity contribution in [2.24, 2.45) is 0 Å². The molecule has 0 spiro atoms. The molecule has 1 unspecified atom stereocenters. The number of amides is 1. The third-order valence-corrected chi connectivity index (χ3v) is 4.04. The summed E-state index contributed by atoms with van der Waals surface area (Å²) in [5.41, 5.74) is -0.199. The number of nitrogens with zero attached hydrogens (tertiary/aromatic N) is 3. The molecule has 2 aromatic rings. The molecule has 1 saturated heterocycles. The topological polar surface area (TPSA) is 64.5 Å². The predicted octanol–water partition coefficient (Wildman–Crippen LogP) is 3.68. The lowest BCUT2D eigenvalue weighted by Gasteiger charge is -2.31. The molecule has 1 aliphatic rings. The summed E-state index contributed by atoms with van der Waals surface area (Å²) < 4.78 is 48.9. The van der Waals surface area contributed by atoms with E-state index >= 15 is 0 Å². The van der Waals surface area contributed by atoms with Crippen LogP contribution < -0.4 is 4.74 Å². The van der Waals surface area contributed by atoms with Gasteiger partial charge in [0, 0.05) is 12.7 Å². The maximum absolute atomic E-state index is 12.7. The molecule has 1 aromatic carbocycles. The first-order chi connectivity index (χ1) is 12.9. The number of ether oxygens (including phenoxy) is 2. The highest BCUT2D eigenvalue weighted by Gasteiger charge is 2.33. The number of likely N-dealkylation sites (tertiary alicyclic amines) is 1. The average molecular weight is 381 g/mol. The van der Waals surface area contributed by atoms with Crippen molar-refractivity contribution in [1.29, 1.82) is 0 Å². The number of piperidine rings is 1. The Morgan fingerprint density at radius 3 is 2.74 bits per heavy atom. The standard InChI is InChI=1S/C18H18F3N3O3/c19-18(20,21)15-8-9-22-16(23-15)27-14-7-4-10-24(11-14)17(25)26-12-13-5-2-1-3-6-13/h1-3,5-6,8-9,14H,4,7,10-12H2. The third-order valence-electron chi connectivity index (χ3n) is 4.04. The van der Waals surface area contributed by atoms with E-state index < -0.39 is 24.1 Å². The van der Waals surface area contributed by atoms with Crippen molar-refractivity contribution < 1.29 is 27.4 Å². The summed E-state index contributed by atoms with van der Waals surface area (Å²) in [5.74, 6) is 0. The first-order valence-corrected chi connectivity index (χ1v) is 8.44. The van der Waals surface area contributed by atoms with Crippen LogP contribution in [0.3, 0.4) is 0 Å². The maximum atomic E-state index is 12.7. The maximum Gasteiger partial charge on any atom is 0.433 e. The molecule has 0 saturated carbocycles. The minimum Gasteiger partial charge on any atom is -0.458 e. The summed E-state index contributed by atoms with van der Waals surface area (Å²) in [6.07, 6.45) is -3.32. The zero-order chi connectivity index (χ0) is 19.3. The average Bonchev–Trinajstić information content (AvgIpc) is 2.67. The van der Waals surface area contributed by atoms with E-state index in [1.807, 2.05) is 30.3 Å². The SMILES string of the molecule is O=C(OCc1ccccc1)N1CCCC(Oc2nccc(C(F)(F)F)n2)C1. The number of hydrogen-bond donors (Lipinski definition) is 0. The molecule has 0 radical (unpaired) electrons. The summed E-state index contributed by atoms with van der Waals surface area (Å²) in [4.78, 5) is 20.8. The Morgan fingerprint density at radius 2 is 2.00 bits per heavy atom. The van der Waals surface area contributed by atoms with E-state index in [1.165, 1.54) is 4.90 Å². The van der Waals surface area contributed by atoms with Crippen LogP contribution in [0.5, 0.6) is 6.01 Å². The van der Waals surface area contributed by atoms with Gasteiger partial charge in [-0.05, 0) is 24.5 Å². The van der Waals surface area contributed by atoms with E-state index in [2.05, 4.69) is 9.97 Å². The molecule has 1 aromatic heterocycles. The lowest BCUT2D eigenvalue weighted by molar-refractivity contribution is -0.141. The molecule has 0 aliphatic carbocycles. The fraction of sp³-hybridized carbons (Fsp3) is 0.389. The monoisotopic (exact) mass is 381 g/mol. The van der Waals surface area contributed by atoms with Gasteiger partial charge in [-0.1, -0.05) is 30.3 Å². The molecule has 27 heavy (non-hydrogen) atoms. The highest BCUT2D eigenvalue weighted by atomic mass is 19.4. The molecule has 0 N–H and O–H groups in total. The van der Waals surface area contributed by atoms with Crippen LogP contribution in [0.25, 0.3) is 0 Å². The Balaban J connectivity index is 1.55. The van der Waals surface area contributed by atoms with Gasteiger partial charge in [-0.15, -0.1) is 0 Å². The highest BCUT2D eigenvalue weighted by Crippen LogP contribution is 2.28. The third kappa shape index (κ3) is 5.32. The van der Waals surface area contributed by atoms with Gasteiger partial charge in [-0.3, -0.25) is 0 Å². The number of halogens is 3. The van der Waals surface area contributed by atoms with Crippen LogP contribution in [0.4, 0.5) is 18.0 Å². The van der Waals surface area contributed by atoms with Crippen LogP contribution in [0.2, 0.25) is 0 Å². The van der Waals surface area contributed by atoms with Gasteiger partial charge >= 0.3 is 18.3 Å². The quantitative estimate of drug-likeness (QED) is 0.809. The Morgan fingerprint density at radius 1 is 1.22 bits per heavy atom. The number of hydrogen-bond acceptors (Lipinski definition) is 5. The zero-order valence-electron chi connectivity index (χ0n) is 14.4. The summed E-state index contributed by atoms with van der Waals surface area (Å²) in [5, 5.41) is 0. The van der Waals surface area contributed by atoms with Gasteiger partial charge in [0.1, 0.15) is 12.7 Å². The van der Waals surface area contributed by atoms with Crippen LogP contribution in [0.1, 0.15) is 24.1 Å². The second kappa shape index (κ2) is 8.24. The minimum atomic E-state index is -4.57. The Kier molecular flexibility index (Phi) is 5.78. The molecule has 1 aliphatic heterocycles. The normalized spacial score (nSPS) is 17.4. The molecule has 6 nitrogen and oxygen atoms in total. The molecule has 2 heterocycles. The smallest absolute Gasteiger partial charge is 0.433 e. The highest BCUT2D eigenvalue weighted by molar-refractivity contribution is 5.67. The van der Waals surface area contributed by atoms with Gasteiger partial charge in [0.25, 0.3) is 0 Å². The van der Waals surface area contributed by atoms with Crippen LogP contribution in [-0.4, -0.2) is 40.2 Å². The molecule has 9 heteroatoms. The van der Waals surface area contributed by atoms with E-state index in [9.17, 15) is 18.0 Å². The summed E-state index contributed by atoms with van der Waals surface area (Å²) >= 11 is 0. The summed E-state index contributed by atoms with van der Waals surface area (Å²) in [6.45, 7) is 0.850. The van der Waals surface area contributed by atoms with Crippen LogP contribution in [0.15, 0.2) is 42.6 Å². The van der Waals surface area contributed by atoms with Crippen LogP contribution in [-0.2, 0) is 17.5 Å². The second-order valence-corrected chi connectivity index (χ2v) is 6.09. The van der Waals surface area contributed by atoms with E-state index in [-0.39, 0.29) is 19.2 Å². The molecule has 1 amide bonds. The number of benzene rings is 1. The Hall–Kier alpha value is -2.84. The fourth-order valence-corrected chi connectivity index (χ4v) is 2.72. The van der Waals surface area contributed by atoms with Crippen molar-refractivity contribution in [3.63, 3.8) is 0 Å². The van der Waals surface area contributed by atoms with Gasteiger partial charge in [0.05, 0.1) is 6.54 Å². The molecular formula is C18H18F3N3O3. The van der Waals surface area contributed by atoms with Gasteiger partial charge in [-0.2, -0.15) is 18.2 Å². The van der Waals surface area contributed by atoms with Gasteiger partial charge in [0.15, 0.2) is 5.69 Å². The molecule has 0 bridgehead atoms. The molecule has 1 fully saturated rings. The van der Waals surface area contributed by atoms with Crippen molar-refractivity contribution in [3.8, 4) is 6.01 Å². The van der Waals surface area contributed by atoms with Crippen molar-refractivity contribution >= 4 is 6.09 Å². The number of alkyl halides is 3. The summed E-state index contributed by atoms with van der Waals surface area (Å²) in [6, 6.07) is 9.69. The lowest BCUT2D eigenvalue weighted by atomic mass is 10.1. The van der Waals surface area contributed by atoms with E-state index in [1.54, 1.807) is 0 Å². The minimum absolute atomic E-state index is 0.151. The first kappa shape index (κ1) is 18.9. The van der Waals surface area contributed by atoms with Crippen molar-refractivity contribution in [3.05, 3.63) is 53.9 Å². The second-order valence-electron chi connectivity index (χ2n) is 6.09. The fourth-order valence-electron chi connectivity index (χ4n) is 2.72. The van der Waals surface area contributed by atoms with Gasteiger partial charge < -0.3 is 14.4 Å². The molecular weight excluding hydrogens is 363 g/mol. The number of rotatable bonds is 4. The Bertz CT molecular complexity index is 771. The van der Waals surface area contributed by atoms with Crippen LogP contribution in [0, 0.1) is 0 Å². The van der Waals surface area contributed by atoms with Crippen LogP contribution >= 0.6 is 0 Å². The number of carbonyl (C=O) groups excluding carboxylic acids is 1. The summed E-state index contributed by atoms with van der Waals surface area (Å²) in [7, 11) is 0. The van der Waals surface area contributed by atoms with Gasteiger partial charge in [-0.25, -0.2) is 9.78 Å². The zero-order valence-corrected chi connectivity index (χ0v) is 14.4. The molecule has 144 valence electrons. The number of carbonyl (C=O) groups is 1. The van der Waals surface area contributed by atoms with Crippen molar-refractivity contribution in [2.75, 3.05) is 13.1 Å².